The molecule has 0 aliphatic heterocycles. The molecule has 0 spiro atoms. The highest BCUT2D eigenvalue weighted by Gasteiger charge is 2.22. The van der Waals surface area contributed by atoms with E-state index in [2.05, 4.69) is 14.4 Å². The van der Waals surface area contributed by atoms with E-state index < -0.39 is 52.5 Å². The molecule has 0 atom stereocenters. The topological polar surface area (TPSA) is 203 Å². The molecule has 0 radical (unpaired) electrons. The summed E-state index contributed by atoms with van der Waals surface area (Å²) >= 11 is 12.0. The second kappa shape index (κ2) is 9.33. The first kappa shape index (κ1) is 25.4. The molecule has 2 aromatic carbocycles. The average molecular weight is 534 g/mol. The third-order valence-corrected chi connectivity index (χ3v) is 7.28. The van der Waals surface area contributed by atoms with Crippen LogP contribution in [0.2, 0.25) is 10.0 Å². The van der Waals surface area contributed by atoms with Gasteiger partial charge in [-0.05, 0) is 30.3 Å². The Labute approximate surface area is 187 Å². The average Bonchev–Trinajstić information content (AvgIpc) is 2.60. The van der Waals surface area contributed by atoms with E-state index >= 15 is 0 Å². The van der Waals surface area contributed by atoms with Crippen molar-refractivity contribution in [2.75, 3.05) is 18.1 Å². The molecular weight excluding hydrogens is 521 g/mol. The number of hydrogen-bond donors (Lipinski definition) is 3. The van der Waals surface area contributed by atoms with Crippen molar-refractivity contribution >= 4 is 70.6 Å². The smallest absolute Gasteiger partial charge is 0.397 e. The lowest BCUT2D eigenvalue weighted by atomic mass is 10.3. The van der Waals surface area contributed by atoms with Crippen molar-refractivity contribution in [3.63, 3.8) is 0 Å². The number of anilines is 1. The van der Waals surface area contributed by atoms with Crippen molar-refractivity contribution in [3.05, 3.63) is 40.4 Å². The lowest BCUT2D eigenvalue weighted by Gasteiger charge is -2.08. The monoisotopic (exact) mass is 533 g/mol. The van der Waals surface area contributed by atoms with Gasteiger partial charge in [-0.3, -0.25) is 9.11 Å². The zero-order chi connectivity index (χ0) is 23.6. The highest BCUT2D eigenvalue weighted by molar-refractivity contribution is 7.91. The molecule has 0 aliphatic carbocycles. The second-order valence-corrected chi connectivity index (χ2v) is 11.1. The number of halogens is 2. The Hall–Kier alpha value is -1.85. The van der Waals surface area contributed by atoms with E-state index in [1.807, 2.05) is 0 Å². The molecule has 17 heteroatoms. The maximum atomic E-state index is 12.3. The third kappa shape index (κ3) is 7.08. The van der Waals surface area contributed by atoms with Crippen molar-refractivity contribution in [1.29, 1.82) is 0 Å². The van der Waals surface area contributed by atoms with Gasteiger partial charge in [-0.1, -0.05) is 23.2 Å². The highest BCUT2D eigenvalue weighted by Crippen LogP contribution is 2.35. The van der Waals surface area contributed by atoms with Gasteiger partial charge in [-0.25, -0.2) is 12.6 Å². The van der Waals surface area contributed by atoms with E-state index in [4.69, 9.17) is 38.0 Å². The zero-order valence-corrected chi connectivity index (χ0v) is 19.0. The van der Waals surface area contributed by atoms with E-state index in [1.54, 1.807) is 0 Å². The van der Waals surface area contributed by atoms with Gasteiger partial charge in [0, 0.05) is 0 Å². The number of nitrogens with two attached hydrogens (primary N) is 1. The molecule has 0 fully saturated rings. The molecule has 31 heavy (non-hydrogen) atoms. The Bertz CT molecular complexity index is 1360. The van der Waals surface area contributed by atoms with Crippen LogP contribution in [0.4, 0.5) is 17.1 Å². The van der Waals surface area contributed by atoms with Crippen LogP contribution in [0, 0.1) is 0 Å². The summed E-state index contributed by atoms with van der Waals surface area (Å²) in [5.41, 5.74) is 5.17. The molecular formula is C14H13Cl2N3O9S3. The van der Waals surface area contributed by atoms with E-state index in [0.29, 0.717) is 0 Å². The molecule has 0 unspecified atom stereocenters. The van der Waals surface area contributed by atoms with Gasteiger partial charge in [0.15, 0.2) is 9.84 Å². The summed E-state index contributed by atoms with van der Waals surface area (Å²) in [6.45, 7) is -0.857. The Morgan fingerprint density at radius 3 is 2.13 bits per heavy atom. The minimum Gasteiger partial charge on any atom is -0.398 e. The highest BCUT2D eigenvalue weighted by atomic mass is 35.5. The Morgan fingerprint density at radius 2 is 1.55 bits per heavy atom. The summed E-state index contributed by atoms with van der Waals surface area (Å²) < 4.78 is 89.8. The predicted molar refractivity (Wildman–Crippen MR) is 111 cm³/mol. The lowest BCUT2D eigenvalue weighted by molar-refractivity contribution is 0.284. The first-order valence-corrected chi connectivity index (χ1v) is 12.9. The maximum absolute atomic E-state index is 12.3. The molecule has 0 saturated carbocycles. The van der Waals surface area contributed by atoms with Gasteiger partial charge in [0.25, 0.3) is 10.1 Å². The standard InChI is InChI=1S/C14H13Cl2N3O9S3/c15-9-7-13(29(20,21)4-3-28-31(25,26)27)10(16)6-12(9)19-18-8-1-2-11(17)14(5-8)30(22,23)24/h1-2,5-7H,3-4,17H2,(H,22,23,24)(H,25,26,27). The molecule has 2 aromatic rings. The molecule has 0 saturated heterocycles. The summed E-state index contributed by atoms with van der Waals surface area (Å²) in [4.78, 5) is -1.03. The lowest BCUT2D eigenvalue weighted by Crippen LogP contribution is -2.15. The fraction of sp³-hybridized carbons (Fsp3) is 0.143. The van der Waals surface area contributed by atoms with Crippen LogP contribution in [-0.4, -0.2) is 46.7 Å². The molecule has 0 aliphatic rings. The van der Waals surface area contributed by atoms with Gasteiger partial charge in [0.1, 0.15) is 10.6 Å². The summed E-state index contributed by atoms with van der Waals surface area (Å²) in [5, 5.41) is 7.00. The summed E-state index contributed by atoms with van der Waals surface area (Å²) in [5.74, 6) is -0.826. The van der Waals surface area contributed by atoms with E-state index in [9.17, 15) is 25.3 Å². The number of sulfone groups is 1. The van der Waals surface area contributed by atoms with E-state index in [1.165, 1.54) is 12.1 Å². The number of nitrogen functional groups attached to an aromatic ring is 1. The van der Waals surface area contributed by atoms with Crippen LogP contribution in [-0.2, 0) is 34.5 Å². The van der Waals surface area contributed by atoms with Crippen molar-refractivity contribution in [2.24, 2.45) is 10.2 Å². The van der Waals surface area contributed by atoms with Gasteiger partial charge in [0.2, 0.25) is 0 Å². The minimum absolute atomic E-state index is 0.0203. The van der Waals surface area contributed by atoms with E-state index in [-0.39, 0.29) is 27.1 Å². The van der Waals surface area contributed by atoms with Crippen LogP contribution in [0.25, 0.3) is 0 Å². The van der Waals surface area contributed by atoms with E-state index in [0.717, 1.165) is 18.2 Å². The third-order valence-electron chi connectivity index (χ3n) is 3.47. The molecule has 2 rings (SSSR count). The van der Waals surface area contributed by atoms with Gasteiger partial charge >= 0.3 is 10.4 Å². The van der Waals surface area contributed by atoms with Gasteiger partial charge in [-0.2, -0.15) is 21.9 Å². The zero-order valence-electron chi connectivity index (χ0n) is 15.0. The molecule has 0 heterocycles. The van der Waals surface area contributed by atoms with Crippen LogP contribution in [0.15, 0.2) is 50.4 Å². The van der Waals surface area contributed by atoms with Crippen molar-refractivity contribution < 1.29 is 38.5 Å². The number of nitrogens with zero attached hydrogens (tertiary/aromatic N) is 2. The molecule has 12 nitrogen and oxygen atoms in total. The van der Waals surface area contributed by atoms with Crippen LogP contribution < -0.4 is 5.73 Å². The second-order valence-electron chi connectivity index (χ2n) is 5.70. The first-order chi connectivity index (χ1) is 14.1. The fourth-order valence-corrected chi connectivity index (χ4v) is 5.10. The normalized spacial score (nSPS) is 13.0. The number of hydrogen-bond acceptors (Lipinski definition) is 10. The predicted octanol–water partition coefficient (Wildman–Crippen LogP) is 2.83. The minimum atomic E-state index is -4.81. The van der Waals surface area contributed by atoms with Crippen molar-refractivity contribution in [3.8, 4) is 0 Å². The quantitative estimate of drug-likeness (QED) is 0.257. The first-order valence-electron chi connectivity index (χ1n) is 7.72. The van der Waals surface area contributed by atoms with Gasteiger partial charge in [0.05, 0.1) is 38.7 Å². The molecule has 170 valence electrons. The Kier molecular flexibility index (Phi) is 7.65. The van der Waals surface area contributed by atoms with Crippen LogP contribution in [0.1, 0.15) is 0 Å². The number of azo groups is 1. The fourth-order valence-electron chi connectivity index (χ4n) is 2.11. The summed E-state index contributed by atoms with van der Waals surface area (Å²) in [7, 11) is -13.6. The van der Waals surface area contributed by atoms with Crippen LogP contribution in [0.3, 0.4) is 0 Å². The Morgan fingerprint density at radius 1 is 0.903 bits per heavy atom. The van der Waals surface area contributed by atoms with Gasteiger partial charge in [-0.15, -0.1) is 5.11 Å². The number of benzene rings is 2. The van der Waals surface area contributed by atoms with Crippen molar-refractivity contribution in [1.82, 2.24) is 0 Å². The van der Waals surface area contributed by atoms with Crippen LogP contribution in [0.5, 0.6) is 0 Å². The molecule has 0 bridgehead atoms. The Balaban J connectivity index is 2.33. The van der Waals surface area contributed by atoms with Gasteiger partial charge < -0.3 is 5.73 Å². The summed E-state index contributed by atoms with van der Waals surface area (Å²) in [6, 6.07) is 5.45. The van der Waals surface area contributed by atoms with Crippen molar-refractivity contribution in [2.45, 2.75) is 9.79 Å². The summed E-state index contributed by atoms with van der Waals surface area (Å²) in [6.07, 6.45) is 0. The molecule has 4 N–H and O–H groups in total. The van der Waals surface area contributed by atoms with Crippen LogP contribution >= 0.6 is 23.2 Å². The molecule has 0 amide bonds. The SMILES string of the molecule is Nc1ccc(N=Nc2cc(Cl)c(S(=O)(=O)CCOS(=O)(=O)O)cc2Cl)cc1S(=O)(=O)O. The maximum Gasteiger partial charge on any atom is 0.397 e. The number of rotatable bonds is 8. The molecule has 0 aromatic heterocycles. The largest absolute Gasteiger partial charge is 0.398 e.